The van der Waals surface area contributed by atoms with Crippen LogP contribution in [0, 0.1) is 32.0 Å². The van der Waals surface area contributed by atoms with Gasteiger partial charge in [-0.3, -0.25) is 25.0 Å². The standard InChI is InChI=1S/C11H13FN4O5.Na.H/c1-5(2)10(11(13)17)14-7-3-6(12)8(15(18)19)4-9(7)16(20)21;;/h3-5,10,14H,1-2H3,(H2,13,17);;/q;+1;-1/t10-;;/m0../s1. The van der Waals surface area contributed by atoms with Gasteiger partial charge in [0, 0.05) is 6.07 Å². The molecule has 1 atom stereocenters. The van der Waals surface area contributed by atoms with Crippen molar-refractivity contribution in [3.05, 3.63) is 38.2 Å². The van der Waals surface area contributed by atoms with Gasteiger partial charge in [-0.1, -0.05) is 13.8 Å². The summed E-state index contributed by atoms with van der Waals surface area (Å²) in [7, 11) is 0. The topological polar surface area (TPSA) is 141 Å². The second-order valence-corrected chi connectivity index (χ2v) is 4.60. The number of nitro benzene ring substituents is 2. The first kappa shape index (κ1) is 20.2. The predicted molar refractivity (Wildman–Crippen MR) is 72.3 cm³/mol. The Labute approximate surface area is 148 Å². The minimum atomic E-state index is -1.25. The molecular weight excluding hydrogens is 310 g/mol. The first-order valence-electron chi connectivity index (χ1n) is 5.83. The fourth-order valence-corrected chi connectivity index (χ4v) is 1.69. The summed E-state index contributed by atoms with van der Waals surface area (Å²) in [5.74, 6) is -2.35. The minimum Gasteiger partial charge on any atom is -1.00 e. The number of hydrogen-bond donors (Lipinski definition) is 2. The van der Waals surface area contributed by atoms with E-state index in [2.05, 4.69) is 5.32 Å². The Morgan fingerprint density at radius 3 is 2.14 bits per heavy atom. The van der Waals surface area contributed by atoms with Crippen molar-refractivity contribution in [2.24, 2.45) is 11.7 Å². The van der Waals surface area contributed by atoms with Crippen LogP contribution < -0.4 is 40.6 Å². The number of nitro groups is 2. The van der Waals surface area contributed by atoms with Gasteiger partial charge in [0.25, 0.3) is 5.69 Å². The van der Waals surface area contributed by atoms with Gasteiger partial charge < -0.3 is 12.5 Å². The van der Waals surface area contributed by atoms with E-state index in [1.807, 2.05) is 0 Å². The van der Waals surface area contributed by atoms with E-state index in [-0.39, 0.29) is 42.6 Å². The van der Waals surface area contributed by atoms with Crippen molar-refractivity contribution in [3.8, 4) is 0 Å². The van der Waals surface area contributed by atoms with Crippen LogP contribution in [-0.2, 0) is 4.79 Å². The molecule has 1 amide bonds. The van der Waals surface area contributed by atoms with Crippen molar-refractivity contribution in [3.63, 3.8) is 0 Å². The predicted octanol–water partition coefficient (Wildman–Crippen LogP) is -1.32. The molecule has 0 radical (unpaired) electrons. The number of halogens is 1. The summed E-state index contributed by atoms with van der Waals surface area (Å²) in [5.41, 5.74) is 3.07. The molecule has 0 aromatic heterocycles. The Kier molecular flexibility index (Phi) is 7.36. The Morgan fingerprint density at radius 1 is 1.27 bits per heavy atom. The van der Waals surface area contributed by atoms with E-state index in [1.54, 1.807) is 13.8 Å². The van der Waals surface area contributed by atoms with Gasteiger partial charge in [0.05, 0.1) is 15.9 Å². The summed E-state index contributed by atoms with van der Waals surface area (Å²) >= 11 is 0. The maximum Gasteiger partial charge on any atom is 1.00 e. The fraction of sp³-hybridized carbons (Fsp3) is 0.364. The summed E-state index contributed by atoms with van der Waals surface area (Å²) < 4.78 is 13.6. The second-order valence-electron chi connectivity index (χ2n) is 4.60. The van der Waals surface area contributed by atoms with Gasteiger partial charge >= 0.3 is 35.2 Å². The Balaban J connectivity index is 0. The molecule has 0 bridgehead atoms. The zero-order chi connectivity index (χ0) is 16.3. The number of carbonyl (C=O) groups excluding carboxylic acids is 1. The summed E-state index contributed by atoms with van der Waals surface area (Å²) in [6.45, 7) is 3.27. The number of carbonyl (C=O) groups is 1. The van der Waals surface area contributed by atoms with Crippen LogP contribution in [0.4, 0.5) is 21.5 Å². The molecule has 0 spiro atoms. The normalized spacial score (nSPS) is 11.5. The maximum absolute atomic E-state index is 13.6. The van der Waals surface area contributed by atoms with Crippen LogP contribution in [0.5, 0.6) is 0 Å². The number of nitrogens with two attached hydrogens (primary N) is 1. The number of nitrogens with one attached hydrogen (secondary N) is 1. The third kappa shape index (κ3) is 4.61. The van der Waals surface area contributed by atoms with E-state index in [9.17, 15) is 29.4 Å². The SMILES string of the molecule is CC(C)[C@H](Nc1cc(F)c([N+](=O)[O-])cc1[N+](=O)[O-])C(N)=O.[H-].[Na+]. The van der Waals surface area contributed by atoms with Crippen molar-refractivity contribution in [1.29, 1.82) is 0 Å². The summed E-state index contributed by atoms with van der Waals surface area (Å²) in [4.78, 5) is 30.8. The molecule has 0 fully saturated rings. The van der Waals surface area contributed by atoms with Crippen LogP contribution in [0.2, 0.25) is 0 Å². The fourth-order valence-electron chi connectivity index (χ4n) is 1.69. The number of primary amides is 1. The molecule has 1 rings (SSSR count). The largest absolute Gasteiger partial charge is 1.00 e. The molecule has 3 N–H and O–H groups in total. The van der Waals surface area contributed by atoms with Crippen LogP contribution >= 0.6 is 0 Å². The molecule has 0 saturated heterocycles. The van der Waals surface area contributed by atoms with Crippen LogP contribution in [0.15, 0.2) is 12.1 Å². The summed E-state index contributed by atoms with van der Waals surface area (Å²) in [6.07, 6.45) is 0. The first-order chi connectivity index (χ1) is 9.65. The third-order valence-electron chi connectivity index (χ3n) is 2.74. The first-order valence-corrected chi connectivity index (χ1v) is 5.83. The van der Waals surface area contributed by atoms with Gasteiger partial charge in [0.1, 0.15) is 11.7 Å². The van der Waals surface area contributed by atoms with Crippen molar-refractivity contribution in [2.45, 2.75) is 19.9 Å². The molecule has 0 aliphatic carbocycles. The maximum atomic E-state index is 13.6. The summed E-state index contributed by atoms with van der Waals surface area (Å²) in [5, 5.41) is 24.0. The second kappa shape index (κ2) is 8.01. The number of rotatable bonds is 6. The Morgan fingerprint density at radius 2 is 1.77 bits per heavy atom. The van der Waals surface area contributed by atoms with Crippen LogP contribution in [0.25, 0.3) is 0 Å². The number of benzene rings is 1. The van der Waals surface area contributed by atoms with Gasteiger partial charge in [0.2, 0.25) is 11.7 Å². The van der Waals surface area contributed by atoms with E-state index >= 15 is 0 Å². The molecular formula is C11H14FN4NaO5. The van der Waals surface area contributed by atoms with Crippen molar-refractivity contribution in [2.75, 3.05) is 5.32 Å². The molecule has 1 aromatic rings. The quantitative estimate of drug-likeness (QED) is 0.378. The smallest absolute Gasteiger partial charge is 1.00 e. The third-order valence-corrected chi connectivity index (χ3v) is 2.74. The Bertz CT molecular complexity index is 616. The van der Waals surface area contributed by atoms with Gasteiger partial charge in [0.15, 0.2) is 0 Å². The van der Waals surface area contributed by atoms with Crippen molar-refractivity contribution >= 4 is 23.0 Å². The van der Waals surface area contributed by atoms with E-state index < -0.39 is 39.0 Å². The number of nitrogens with zero attached hydrogens (tertiary/aromatic N) is 2. The molecule has 0 aliphatic heterocycles. The molecule has 0 heterocycles. The van der Waals surface area contributed by atoms with Gasteiger partial charge in [-0.15, -0.1) is 0 Å². The van der Waals surface area contributed by atoms with E-state index in [0.29, 0.717) is 12.1 Å². The van der Waals surface area contributed by atoms with Crippen LogP contribution in [-0.4, -0.2) is 21.8 Å². The van der Waals surface area contributed by atoms with Crippen LogP contribution in [0.1, 0.15) is 15.3 Å². The molecule has 0 aliphatic rings. The van der Waals surface area contributed by atoms with E-state index in [0.717, 1.165) is 0 Å². The van der Waals surface area contributed by atoms with E-state index in [1.165, 1.54) is 0 Å². The zero-order valence-electron chi connectivity index (χ0n) is 13.2. The number of amides is 1. The molecule has 1 aromatic carbocycles. The van der Waals surface area contributed by atoms with E-state index in [4.69, 9.17) is 5.73 Å². The molecule has 9 nitrogen and oxygen atoms in total. The van der Waals surface area contributed by atoms with Crippen molar-refractivity contribution in [1.82, 2.24) is 0 Å². The van der Waals surface area contributed by atoms with Gasteiger partial charge in [-0.05, 0) is 5.92 Å². The zero-order valence-corrected chi connectivity index (χ0v) is 14.2. The molecule has 0 unspecified atom stereocenters. The molecule has 22 heavy (non-hydrogen) atoms. The Hall–Kier alpha value is -1.78. The minimum absolute atomic E-state index is 0. The average Bonchev–Trinajstić information content (AvgIpc) is 2.34. The van der Waals surface area contributed by atoms with Crippen molar-refractivity contribution < 1.29 is 50.0 Å². The molecule has 0 saturated carbocycles. The number of anilines is 1. The monoisotopic (exact) mass is 324 g/mol. The van der Waals surface area contributed by atoms with Crippen LogP contribution in [0.3, 0.4) is 0 Å². The average molecular weight is 324 g/mol. The summed E-state index contributed by atoms with van der Waals surface area (Å²) in [6, 6.07) is 0.120. The van der Waals surface area contributed by atoms with Gasteiger partial charge in [-0.2, -0.15) is 4.39 Å². The molecule has 11 heteroatoms. The van der Waals surface area contributed by atoms with Gasteiger partial charge in [-0.25, -0.2) is 0 Å². The number of hydrogen-bond acceptors (Lipinski definition) is 6. The molecule has 116 valence electrons.